The van der Waals surface area contributed by atoms with Crippen molar-refractivity contribution in [2.45, 2.75) is 13.5 Å². The molecule has 0 aliphatic carbocycles. The standard InChI is InChI=1S/C15H13N3O2/c1-10-4-2-5-11(8-10)9-18-13-7-3-6-12(15(19)20)14(13)16-17-18/h2-8H,9H2,1H3,(H,19,20). The number of hydrogen-bond acceptors (Lipinski definition) is 3. The number of carboxylic acids is 1. The molecule has 1 N–H and O–H groups in total. The lowest BCUT2D eigenvalue weighted by Gasteiger charge is -2.04. The summed E-state index contributed by atoms with van der Waals surface area (Å²) in [4.78, 5) is 11.2. The highest BCUT2D eigenvalue weighted by Gasteiger charge is 2.13. The predicted molar refractivity (Wildman–Crippen MR) is 74.8 cm³/mol. The number of fused-ring (bicyclic) bond motifs is 1. The largest absolute Gasteiger partial charge is 0.478 e. The van der Waals surface area contributed by atoms with Gasteiger partial charge in [-0.3, -0.25) is 0 Å². The van der Waals surface area contributed by atoms with Crippen LogP contribution in [-0.4, -0.2) is 26.1 Å². The fourth-order valence-electron chi connectivity index (χ4n) is 2.26. The third-order valence-electron chi connectivity index (χ3n) is 3.19. The van der Waals surface area contributed by atoms with Gasteiger partial charge < -0.3 is 5.11 Å². The first kappa shape index (κ1) is 12.3. The van der Waals surface area contributed by atoms with Gasteiger partial charge in [-0.25, -0.2) is 9.48 Å². The summed E-state index contributed by atoms with van der Waals surface area (Å²) >= 11 is 0. The lowest BCUT2D eigenvalue weighted by atomic mass is 10.1. The first-order chi connectivity index (χ1) is 9.65. The highest BCUT2D eigenvalue weighted by molar-refractivity contribution is 6.00. The summed E-state index contributed by atoms with van der Waals surface area (Å²) in [7, 11) is 0. The van der Waals surface area contributed by atoms with Crippen molar-refractivity contribution in [2.24, 2.45) is 0 Å². The van der Waals surface area contributed by atoms with Crippen molar-refractivity contribution >= 4 is 17.0 Å². The van der Waals surface area contributed by atoms with Gasteiger partial charge in [0.2, 0.25) is 0 Å². The fourth-order valence-corrected chi connectivity index (χ4v) is 2.26. The molecule has 20 heavy (non-hydrogen) atoms. The zero-order valence-electron chi connectivity index (χ0n) is 10.9. The Labute approximate surface area is 115 Å². The van der Waals surface area contributed by atoms with Crippen LogP contribution in [0.5, 0.6) is 0 Å². The highest BCUT2D eigenvalue weighted by Crippen LogP contribution is 2.17. The van der Waals surface area contributed by atoms with E-state index in [1.807, 2.05) is 31.2 Å². The summed E-state index contributed by atoms with van der Waals surface area (Å²) in [6, 6.07) is 13.2. The molecule has 1 aromatic heterocycles. The minimum Gasteiger partial charge on any atom is -0.478 e. The van der Waals surface area contributed by atoms with E-state index in [2.05, 4.69) is 16.4 Å². The topological polar surface area (TPSA) is 68.0 Å². The van der Waals surface area contributed by atoms with E-state index in [4.69, 9.17) is 5.11 Å². The van der Waals surface area contributed by atoms with Crippen molar-refractivity contribution in [3.8, 4) is 0 Å². The van der Waals surface area contributed by atoms with Crippen LogP contribution in [0.1, 0.15) is 21.5 Å². The van der Waals surface area contributed by atoms with Crippen LogP contribution in [0.4, 0.5) is 0 Å². The molecular weight excluding hydrogens is 254 g/mol. The van der Waals surface area contributed by atoms with Crippen LogP contribution in [0.2, 0.25) is 0 Å². The van der Waals surface area contributed by atoms with Gasteiger partial charge in [0.1, 0.15) is 5.52 Å². The van der Waals surface area contributed by atoms with Crippen molar-refractivity contribution in [2.75, 3.05) is 0 Å². The fraction of sp³-hybridized carbons (Fsp3) is 0.133. The molecular formula is C15H13N3O2. The van der Waals surface area contributed by atoms with Crippen LogP contribution in [0.3, 0.4) is 0 Å². The third-order valence-corrected chi connectivity index (χ3v) is 3.19. The number of nitrogens with zero attached hydrogens (tertiary/aromatic N) is 3. The average Bonchev–Trinajstić information content (AvgIpc) is 2.82. The number of aromatic carboxylic acids is 1. The first-order valence-corrected chi connectivity index (χ1v) is 6.26. The molecule has 0 unspecified atom stereocenters. The smallest absolute Gasteiger partial charge is 0.338 e. The molecule has 5 nitrogen and oxygen atoms in total. The summed E-state index contributed by atoms with van der Waals surface area (Å²) in [6.45, 7) is 2.60. The minimum absolute atomic E-state index is 0.179. The lowest BCUT2D eigenvalue weighted by Crippen LogP contribution is -2.02. The molecule has 3 aromatic rings. The second kappa shape index (κ2) is 4.77. The zero-order chi connectivity index (χ0) is 14.1. The predicted octanol–water partition coefficient (Wildman–Crippen LogP) is 2.49. The maximum Gasteiger partial charge on any atom is 0.338 e. The Balaban J connectivity index is 2.05. The van der Waals surface area contributed by atoms with Gasteiger partial charge in [0.25, 0.3) is 0 Å². The molecule has 0 aliphatic heterocycles. The molecule has 1 heterocycles. The Hall–Kier alpha value is -2.69. The number of carbonyl (C=O) groups is 1. The molecule has 0 radical (unpaired) electrons. The molecule has 0 saturated heterocycles. The van der Waals surface area contributed by atoms with Crippen LogP contribution in [-0.2, 0) is 6.54 Å². The zero-order valence-corrected chi connectivity index (χ0v) is 10.9. The van der Waals surface area contributed by atoms with Gasteiger partial charge in [0.05, 0.1) is 17.6 Å². The second-order valence-electron chi connectivity index (χ2n) is 4.71. The molecule has 0 saturated carbocycles. The molecule has 0 bridgehead atoms. The maximum atomic E-state index is 11.2. The quantitative estimate of drug-likeness (QED) is 0.791. The van der Waals surface area contributed by atoms with Crippen molar-refractivity contribution in [3.05, 3.63) is 59.2 Å². The van der Waals surface area contributed by atoms with Gasteiger partial charge >= 0.3 is 5.97 Å². The molecule has 2 aromatic carbocycles. The summed E-state index contributed by atoms with van der Waals surface area (Å²) < 4.78 is 1.72. The molecule has 0 aliphatic rings. The van der Waals surface area contributed by atoms with Crippen LogP contribution < -0.4 is 0 Å². The van der Waals surface area contributed by atoms with E-state index in [0.717, 1.165) is 11.1 Å². The normalized spacial score (nSPS) is 10.8. The average molecular weight is 267 g/mol. The summed E-state index contributed by atoms with van der Waals surface area (Å²) in [5, 5.41) is 17.2. The Morgan fingerprint density at radius 3 is 2.80 bits per heavy atom. The Kier molecular flexibility index (Phi) is 2.95. The maximum absolute atomic E-state index is 11.2. The number of carboxylic acid groups (broad SMARTS) is 1. The first-order valence-electron chi connectivity index (χ1n) is 6.26. The third kappa shape index (κ3) is 2.14. The summed E-state index contributed by atoms with van der Waals surface area (Å²) in [5.74, 6) is -0.988. The second-order valence-corrected chi connectivity index (χ2v) is 4.71. The summed E-state index contributed by atoms with van der Waals surface area (Å²) in [5.41, 5.74) is 3.62. The molecule has 100 valence electrons. The van der Waals surface area contributed by atoms with Gasteiger partial charge in [-0.05, 0) is 24.6 Å². The van der Waals surface area contributed by atoms with Gasteiger partial charge in [-0.15, -0.1) is 5.10 Å². The van der Waals surface area contributed by atoms with Crippen molar-refractivity contribution in [1.29, 1.82) is 0 Å². The van der Waals surface area contributed by atoms with E-state index in [1.54, 1.807) is 10.7 Å². The van der Waals surface area contributed by atoms with E-state index in [-0.39, 0.29) is 5.56 Å². The van der Waals surface area contributed by atoms with E-state index >= 15 is 0 Å². The molecule has 0 atom stereocenters. The lowest BCUT2D eigenvalue weighted by molar-refractivity contribution is 0.0699. The monoisotopic (exact) mass is 267 g/mol. The van der Waals surface area contributed by atoms with Gasteiger partial charge in [0.15, 0.2) is 0 Å². The van der Waals surface area contributed by atoms with Gasteiger partial charge in [-0.1, -0.05) is 41.1 Å². The molecule has 0 fully saturated rings. The van der Waals surface area contributed by atoms with Crippen LogP contribution >= 0.6 is 0 Å². The molecule has 0 amide bonds. The number of hydrogen-bond donors (Lipinski definition) is 1. The Morgan fingerprint density at radius 1 is 1.25 bits per heavy atom. The van der Waals surface area contributed by atoms with Gasteiger partial charge in [0, 0.05) is 0 Å². The highest BCUT2D eigenvalue weighted by atomic mass is 16.4. The van der Waals surface area contributed by atoms with Crippen LogP contribution in [0, 0.1) is 6.92 Å². The van der Waals surface area contributed by atoms with Gasteiger partial charge in [-0.2, -0.15) is 0 Å². The molecule has 0 spiro atoms. The number of benzene rings is 2. The van der Waals surface area contributed by atoms with Crippen LogP contribution in [0.25, 0.3) is 11.0 Å². The SMILES string of the molecule is Cc1cccc(Cn2nnc3c(C(=O)O)cccc32)c1. The van der Waals surface area contributed by atoms with E-state index < -0.39 is 5.97 Å². The Morgan fingerprint density at radius 2 is 2.05 bits per heavy atom. The van der Waals surface area contributed by atoms with Crippen molar-refractivity contribution in [1.82, 2.24) is 15.0 Å². The van der Waals surface area contributed by atoms with Crippen LogP contribution in [0.15, 0.2) is 42.5 Å². The number of aromatic nitrogens is 3. The summed E-state index contributed by atoms with van der Waals surface area (Å²) in [6.07, 6.45) is 0. The number of aryl methyl sites for hydroxylation is 1. The van der Waals surface area contributed by atoms with E-state index in [1.165, 1.54) is 11.6 Å². The van der Waals surface area contributed by atoms with E-state index in [0.29, 0.717) is 12.1 Å². The van der Waals surface area contributed by atoms with E-state index in [9.17, 15) is 4.79 Å². The molecule has 5 heteroatoms. The van der Waals surface area contributed by atoms with Crippen molar-refractivity contribution < 1.29 is 9.90 Å². The van der Waals surface area contributed by atoms with Crippen molar-refractivity contribution in [3.63, 3.8) is 0 Å². The Bertz CT molecular complexity index is 793. The number of rotatable bonds is 3. The minimum atomic E-state index is -0.988. The molecule has 3 rings (SSSR count).